The molecule has 114 valence electrons. The second-order valence-electron chi connectivity index (χ2n) is 7.24. The van der Waals surface area contributed by atoms with Gasteiger partial charge in [0.15, 0.2) is 0 Å². The van der Waals surface area contributed by atoms with Crippen molar-refractivity contribution in [3.8, 4) is 0 Å². The van der Waals surface area contributed by atoms with E-state index in [1.165, 1.54) is 75.8 Å². The Bertz CT molecular complexity index is 505. The van der Waals surface area contributed by atoms with Crippen molar-refractivity contribution in [1.82, 2.24) is 14.8 Å². The molecule has 0 radical (unpaired) electrons. The van der Waals surface area contributed by atoms with Crippen molar-refractivity contribution >= 4 is 0 Å². The molecule has 2 fully saturated rings. The minimum Gasteiger partial charge on any atom is -0.301 e. The maximum absolute atomic E-state index is 4.73. The van der Waals surface area contributed by atoms with Crippen molar-refractivity contribution in [2.45, 2.75) is 56.5 Å². The Balaban J connectivity index is 1.50. The third-order valence-electron chi connectivity index (χ3n) is 6.28. The van der Waals surface area contributed by atoms with E-state index in [-0.39, 0.29) is 0 Å². The van der Waals surface area contributed by atoms with Gasteiger partial charge in [-0.05, 0) is 70.2 Å². The molecule has 0 amide bonds. The normalized spacial score (nSPS) is 29.7. The molecule has 1 spiro atoms. The molecule has 2 saturated heterocycles. The summed E-state index contributed by atoms with van der Waals surface area (Å²) in [6.45, 7) is 3.81. The fourth-order valence-corrected chi connectivity index (χ4v) is 4.90. The Hall–Kier alpha value is -0.930. The molecule has 4 rings (SSSR count). The summed E-state index contributed by atoms with van der Waals surface area (Å²) < 4.78 is 0. The van der Waals surface area contributed by atoms with Crippen LogP contribution < -0.4 is 0 Å². The largest absolute Gasteiger partial charge is 0.301 e. The number of hydrogen-bond donors (Lipinski definition) is 0. The number of piperidine rings is 1. The Kier molecular flexibility index (Phi) is 3.50. The van der Waals surface area contributed by atoms with E-state index in [0.29, 0.717) is 11.6 Å². The van der Waals surface area contributed by atoms with Crippen molar-refractivity contribution in [2.75, 3.05) is 26.7 Å². The van der Waals surface area contributed by atoms with Gasteiger partial charge in [-0.25, -0.2) is 0 Å². The van der Waals surface area contributed by atoms with E-state index >= 15 is 0 Å². The molecule has 1 unspecified atom stereocenters. The molecule has 2 aliphatic heterocycles. The minimum absolute atomic E-state index is 0.526. The quantitative estimate of drug-likeness (QED) is 0.790. The van der Waals surface area contributed by atoms with E-state index in [2.05, 4.69) is 29.0 Å². The van der Waals surface area contributed by atoms with Crippen molar-refractivity contribution in [1.29, 1.82) is 0 Å². The van der Waals surface area contributed by atoms with E-state index in [4.69, 9.17) is 4.98 Å². The summed E-state index contributed by atoms with van der Waals surface area (Å²) in [5, 5.41) is 0. The number of nitrogens with zero attached hydrogens (tertiary/aromatic N) is 3. The number of aromatic nitrogens is 1. The second-order valence-corrected chi connectivity index (χ2v) is 7.24. The lowest BCUT2D eigenvalue weighted by Crippen LogP contribution is -2.51. The highest BCUT2D eigenvalue weighted by Crippen LogP contribution is 2.41. The molecular formula is C18H27N3. The molecule has 21 heavy (non-hydrogen) atoms. The van der Waals surface area contributed by atoms with Crippen molar-refractivity contribution < 1.29 is 0 Å². The zero-order valence-electron chi connectivity index (χ0n) is 13.2. The van der Waals surface area contributed by atoms with Crippen LogP contribution in [0.25, 0.3) is 0 Å². The molecule has 3 aliphatic rings. The minimum atomic E-state index is 0.526. The molecule has 3 heterocycles. The standard InChI is InChI=1S/C18H27N3/c1-20-12-4-8-18(20)9-13-21(14-10-18)16-7-2-5-15-6-3-11-19-17(15)16/h3,6,11,16H,2,4-5,7-10,12-14H2,1H3. The number of pyridine rings is 1. The van der Waals surface area contributed by atoms with Crippen LogP contribution >= 0.6 is 0 Å². The van der Waals surface area contributed by atoms with Crippen LogP contribution in [0, 0.1) is 0 Å². The van der Waals surface area contributed by atoms with Gasteiger partial charge in [0.1, 0.15) is 0 Å². The Labute approximate surface area is 128 Å². The first kappa shape index (κ1) is 13.7. The maximum atomic E-state index is 4.73. The highest BCUT2D eigenvalue weighted by atomic mass is 15.2. The van der Waals surface area contributed by atoms with Gasteiger partial charge in [-0.1, -0.05) is 6.07 Å². The van der Waals surface area contributed by atoms with Gasteiger partial charge in [0.25, 0.3) is 0 Å². The van der Waals surface area contributed by atoms with Gasteiger partial charge in [0.2, 0.25) is 0 Å². The van der Waals surface area contributed by atoms with Crippen LogP contribution in [0.1, 0.15) is 55.8 Å². The predicted molar refractivity (Wildman–Crippen MR) is 85.3 cm³/mol. The summed E-state index contributed by atoms with van der Waals surface area (Å²) in [6.07, 6.45) is 11.3. The Morgan fingerprint density at radius 3 is 2.76 bits per heavy atom. The van der Waals surface area contributed by atoms with Crippen LogP contribution in [-0.2, 0) is 6.42 Å². The SMILES string of the molecule is CN1CCCC12CCN(C1CCCc3cccnc31)CC2. The molecule has 3 nitrogen and oxygen atoms in total. The van der Waals surface area contributed by atoms with Gasteiger partial charge < -0.3 is 4.90 Å². The molecule has 0 aromatic carbocycles. The molecule has 3 heteroatoms. The summed E-state index contributed by atoms with van der Waals surface area (Å²) in [5.74, 6) is 0. The molecule has 0 N–H and O–H groups in total. The van der Waals surface area contributed by atoms with E-state index in [1.54, 1.807) is 0 Å². The van der Waals surface area contributed by atoms with Gasteiger partial charge in [-0.3, -0.25) is 9.88 Å². The first-order chi connectivity index (χ1) is 10.3. The van der Waals surface area contributed by atoms with Crippen LogP contribution in [-0.4, -0.2) is 47.0 Å². The van der Waals surface area contributed by atoms with Gasteiger partial charge in [-0.2, -0.15) is 0 Å². The highest BCUT2D eigenvalue weighted by Gasteiger charge is 2.42. The molecule has 1 atom stereocenters. The van der Waals surface area contributed by atoms with Gasteiger partial charge >= 0.3 is 0 Å². The number of aryl methyl sites for hydroxylation is 1. The molecule has 1 aromatic rings. The summed E-state index contributed by atoms with van der Waals surface area (Å²) in [7, 11) is 2.33. The number of likely N-dealkylation sites (tertiary alicyclic amines) is 2. The fourth-order valence-electron chi connectivity index (χ4n) is 4.90. The first-order valence-electron chi connectivity index (χ1n) is 8.68. The molecule has 0 saturated carbocycles. The van der Waals surface area contributed by atoms with Gasteiger partial charge in [0.05, 0.1) is 11.7 Å². The Morgan fingerprint density at radius 2 is 2.00 bits per heavy atom. The van der Waals surface area contributed by atoms with Crippen molar-refractivity contribution in [3.63, 3.8) is 0 Å². The lowest BCUT2D eigenvalue weighted by molar-refractivity contribution is 0.0434. The first-order valence-corrected chi connectivity index (χ1v) is 8.68. The predicted octanol–water partition coefficient (Wildman–Crippen LogP) is 3.02. The average Bonchev–Trinajstić information content (AvgIpc) is 2.88. The van der Waals surface area contributed by atoms with Crippen LogP contribution in [0.5, 0.6) is 0 Å². The molecule has 1 aliphatic carbocycles. The van der Waals surface area contributed by atoms with E-state index in [0.717, 1.165) is 0 Å². The number of rotatable bonds is 1. The average molecular weight is 285 g/mol. The van der Waals surface area contributed by atoms with Gasteiger partial charge in [0, 0.05) is 24.8 Å². The second kappa shape index (κ2) is 5.36. The number of fused-ring (bicyclic) bond motifs is 1. The molecular weight excluding hydrogens is 258 g/mol. The summed E-state index contributed by atoms with van der Waals surface area (Å²) in [5.41, 5.74) is 3.39. The van der Waals surface area contributed by atoms with Gasteiger partial charge in [-0.15, -0.1) is 0 Å². The zero-order chi connectivity index (χ0) is 14.3. The number of hydrogen-bond acceptors (Lipinski definition) is 3. The fraction of sp³-hybridized carbons (Fsp3) is 0.722. The third kappa shape index (κ3) is 2.31. The van der Waals surface area contributed by atoms with Crippen molar-refractivity contribution in [3.05, 3.63) is 29.6 Å². The maximum Gasteiger partial charge on any atom is 0.0607 e. The third-order valence-corrected chi connectivity index (χ3v) is 6.28. The summed E-state index contributed by atoms with van der Waals surface area (Å²) in [6, 6.07) is 4.96. The summed E-state index contributed by atoms with van der Waals surface area (Å²) >= 11 is 0. The van der Waals surface area contributed by atoms with Crippen LogP contribution in [0.4, 0.5) is 0 Å². The smallest absolute Gasteiger partial charge is 0.0607 e. The lowest BCUT2D eigenvalue weighted by Gasteiger charge is -2.46. The molecule has 1 aromatic heterocycles. The lowest BCUT2D eigenvalue weighted by atomic mass is 9.83. The Morgan fingerprint density at radius 1 is 1.14 bits per heavy atom. The van der Waals surface area contributed by atoms with E-state index < -0.39 is 0 Å². The van der Waals surface area contributed by atoms with Crippen LogP contribution in [0.3, 0.4) is 0 Å². The van der Waals surface area contributed by atoms with E-state index in [9.17, 15) is 0 Å². The topological polar surface area (TPSA) is 19.4 Å². The highest BCUT2D eigenvalue weighted by molar-refractivity contribution is 5.25. The van der Waals surface area contributed by atoms with Crippen LogP contribution in [0.15, 0.2) is 18.3 Å². The van der Waals surface area contributed by atoms with E-state index in [1.807, 2.05) is 6.20 Å². The monoisotopic (exact) mass is 285 g/mol. The zero-order valence-corrected chi connectivity index (χ0v) is 13.2. The van der Waals surface area contributed by atoms with Crippen LogP contribution in [0.2, 0.25) is 0 Å². The summed E-state index contributed by atoms with van der Waals surface area (Å²) in [4.78, 5) is 10.1. The van der Waals surface area contributed by atoms with Crippen molar-refractivity contribution in [2.24, 2.45) is 0 Å². The molecule has 0 bridgehead atoms.